The van der Waals surface area contributed by atoms with Crippen LogP contribution < -0.4 is 9.47 Å². The Morgan fingerprint density at radius 3 is 1.39 bits per heavy atom. The summed E-state index contributed by atoms with van der Waals surface area (Å²) in [7, 11) is 0. The molecule has 6 heteroatoms. The van der Waals surface area contributed by atoms with E-state index in [1.165, 1.54) is 11.1 Å². The molecule has 2 aromatic heterocycles. The molecule has 2 heterocycles. The van der Waals surface area contributed by atoms with E-state index < -0.39 is 0 Å². The van der Waals surface area contributed by atoms with Gasteiger partial charge in [0.15, 0.2) is 0 Å². The summed E-state index contributed by atoms with van der Waals surface area (Å²) in [4.78, 5) is 18.0. The molecule has 0 spiro atoms. The van der Waals surface area contributed by atoms with E-state index >= 15 is 0 Å². The fourth-order valence-corrected chi connectivity index (χ4v) is 3.70. The maximum absolute atomic E-state index is 5.81. The zero-order chi connectivity index (χ0) is 26.4. The number of pyridine rings is 2. The molecule has 6 nitrogen and oxygen atoms in total. The van der Waals surface area contributed by atoms with Crippen molar-refractivity contribution in [1.82, 2.24) is 9.97 Å². The highest BCUT2D eigenvalue weighted by Crippen LogP contribution is 2.17. The third-order valence-electron chi connectivity index (χ3n) is 6.02. The van der Waals surface area contributed by atoms with Crippen molar-refractivity contribution in [1.29, 1.82) is 0 Å². The Morgan fingerprint density at radius 2 is 1.03 bits per heavy atom. The summed E-state index contributed by atoms with van der Waals surface area (Å²) in [6.45, 7) is 5.36. The van der Waals surface area contributed by atoms with E-state index in [2.05, 4.69) is 58.1 Å². The average Bonchev–Trinajstić information content (AvgIpc) is 2.98. The minimum Gasteiger partial charge on any atom is -0.492 e. The highest BCUT2D eigenvalue weighted by Gasteiger charge is 2.03. The Labute approximate surface area is 225 Å². The summed E-state index contributed by atoms with van der Waals surface area (Å²) in [6.07, 6.45) is 8.85. The first-order valence-electron chi connectivity index (χ1n) is 13.0. The zero-order valence-corrected chi connectivity index (χ0v) is 22.0. The van der Waals surface area contributed by atoms with E-state index in [0.717, 1.165) is 35.7 Å². The van der Waals surface area contributed by atoms with Crippen LogP contribution in [0.1, 0.15) is 61.3 Å². The molecule has 2 atom stereocenters. The van der Waals surface area contributed by atoms with E-state index in [-0.39, 0.29) is 12.1 Å². The lowest BCUT2D eigenvalue weighted by Crippen LogP contribution is -2.03. The van der Waals surface area contributed by atoms with Crippen LogP contribution in [0.5, 0.6) is 11.5 Å². The number of nitrogens with zero attached hydrogens (tertiary/aromatic N) is 4. The molecule has 2 unspecified atom stereocenters. The van der Waals surface area contributed by atoms with Gasteiger partial charge in [0.1, 0.15) is 11.5 Å². The molecular weight excluding hydrogens is 472 g/mol. The average molecular weight is 507 g/mol. The molecule has 38 heavy (non-hydrogen) atoms. The maximum Gasteiger partial charge on any atom is 0.137 e. The summed E-state index contributed by atoms with van der Waals surface area (Å²) < 4.78 is 11.6. The first-order chi connectivity index (χ1) is 18.7. The summed E-state index contributed by atoms with van der Waals surface area (Å²) in [5, 5.41) is 0. The third-order valence-corrected chi connectivity index (χ3v) is 6.02. The molecule has 0 aliphatic carbocycles. The largest absolute Gasteiger partial charge is 0.492 e. The number of rotatable bonds is 13. The Kier molecular flexibility index (Phi) is 10.2. The lowest BCUT2D eigenvalue weighted by atomic mass is 10.1. The number of hydrogen-bond donors (Lipinski definition) is 0. The number of aromatic nitrogens is 2. The fraction of sp³-hybridized carbons (Fsp3) is 0.250. The first kappa shape index (κ1) is 26.7. The summed E-state index contributed by atoms with van der Waals surface area (Å²) >= 11 is 0. The second-order valence-corrected chi connectivity index (χ2v) is 8.97. The van der Waals surface area contributed by atoms with E-state index in [9.17, 15) is 0 Å². The van der Waals surface area contributed by atoms with E-state index in [1.807, 2.05) is 60.7 Å². The predicted molar refractivity (Wildman–Crippen MR) is 154 cm³/mol. The second-order valence-electron chi connectivity index (χ2n) is 8.97. The van der Waals surface area contributed by atoms with Gasteiger partial charge >= 0.3 is 0 Å². The van der Waals surface area contributed by atoms with Gasteiger partial charge in [0, 0.05) is 12.4 Å². The monoisotopic (exact) mass is 506 g/mol. The van der Waals surface area contributed by atoms with Crippen LogP contribution in [0, 0.1) is 0 Å². The van der Waals surface area contributed by atoms with Crippen LogP contribution in [0.2, 0.25) is 0 Å². The number of unbranched alkanes of at least 4 members (excludes halogenated alkanes) is 1. The van der Waals surface area contributed by atoms with Crippen molar-refractivity contribution in [3.05, 3.63) is 120 Å². The van der Waals surface area contributed by atoms with Gasteiger partial charge in [-0.25, -0.2) is 0 Å². The smallest absolute Gasteiger partial charge is 0.137 e. The molecule has 0 amide bonds. The number of aliphatic imine (C=N–C) groups is 2. The van der Waals surface area contributed by atoms with Gasteiger partial charge in [0.25, 0.3) is 0 Å². The van der Waals surface area contributed by atoms with Crippen LogP contribution in [-0.4, -0.2) is 35.6 Å². The Bertz CT molecular complexity index is 1170. The molecule has 0 radical (unpaired) electrons. The van der Waals surface area contributed by atoms with Gasteiger partial charge < -0.3 is 9.47 Å². The summed E-state index contributed by atoms with van der Waals surface area (Å²) in [5.41, 5.74) is 3.98. The lowest BCUT2D eigenvalue weighted by Gasteiger charge is -2.08. The van der Waals surface area contributed by atoms with Crippen molar-refractivity contribution < 1.29 is 9.47 Å². The van der Waals surface area contributed by atoms with Crippen LogP contribution in [0.4, 0.5) is 0 Å². The molecule has 4 rings (SSSR count). The minimum atomic E-state index is 0.0902. The van der Waals surface area contributed by atoms with Crippen LogP contribution >= 0.6 is 0 Å². The minimum absolute atomic E-state index is 0.0902. The highest BCUT2D eigenvalue weighted by atomic mass is 16.5. The summed E-state index contributed by atoms with van der Waals surface area (Å²) in [6, 6.07) is 28.3. The first-order valence-corrected chi connectivity index (χ1v) is 13.0. The molecule has 0 saturated carbocycles. The molecule has 194 valence electrons. The molecule has 0 bridgehead atoms. The Hall–Kier alpha value is -4.32. The van der Waals surface area contributed by atoms with Gasteiger partial charge in [-0.1, -0.05) is 60.7 Å². The Balaban J connectivity index is 1.11. The van der Waals surface area contributed by atoms with Crippen molar-refractivity contribution >= 4 is 12.4 Å². The normalized spacial score (nSPS) is 13.0. The molecular formula is C32H34N4O2. The predicted octanol–water partition coefficient (Wildman–Crippen LogP) is 7.07. The molecule has 0 saturated heterocycles. The SMILES string of the molecule is CC(N=Cc1ccc(OCCCCOc2ccc(C=NC(C)c3ccccc3)nc2)cn1)c1ccccc1. The van der Waals surface area contributed by atoms with E-state index in [0.29, 0.717) is 13.2 Å². The highest BCUT2D eigenvalue weighted by molar-refractivity contribution is 5.77. The van der Waals surface area contributed by atoms with Crippen LogP contribution in [-0.2, 0) is 0 Å². The number of ether oxygens (including phenoxy) is 2. The lowest BCUT2D eigenvalue weighted by molar-refractivity contribution is 0.265. The van der Waals surface area contributed by atoms with Crippen LogP contribution in [0.3, 0.4) is 0 Å². The molecule has 2 aromatic carbocycles. The van der Waals surface area contributed by atoms with Gasteiger partial charge in [-0.2, -0.15) is 0 Å². The molecule has 0 aliphatic rings. The van der Waals surface area contributed by atoms with Gasteiger partial charge in [-0.15, -0.1) is 0 Å². The topological polar surface area (TPSA) is 69.0 Å². The van der Waals surface area contributed by atoms with Gasteiger partial charge in [0.2, 0.25) is 0 Å². The van der Waals surface area contributed by atoms with E-state index in [1.54, 1.807) is 24.8 Å². The van der Waals surface area contributed by atoms with Gasteiger partial charge in [0.05, 0.1) is 49.1 Å². The standard InChI is InChI=1S/C32H34N4O2/c1-25(27-11-5-3-6-12-27)33-21-29-15-17-31(23-35-29)37-19-9-10-20-38-32-18-16-30(36-24-32)22-34-26(2)28-13-7-4-8-14-28/h3-8,11-18,21-26H,9-10,19-20H2,1-2H3. The van der Waals surface area contributed by atoms with Crippen molar-refractivity contribution in [2.24, 2.45) is 9.98 Å². The zero-order valence-electron chi connectivity index (χ0n) is 22.0. The van der Waals surface area contributed by atoms with Crippen molar-refractivity contribution in [3.8, 4) is 11.5 Å². The maximum atomic E-state index is 5.81. The summed E-state index contributed by atoms with van der Waals surface area (Å²) in [5.74, 6) is 1.50. The molecule has 0 fully saturated rings. The molecule has 0 aliphatic heterocycles. The number of hydrogen-bond acceptors (Lipinski definition) is 6. The molecule has 0 N–H and O–H groups in total. The fourth-order valence-electron chi connectivity index (χ4n) is 3.70. The third kappa shape index (κ3) is 8.66. The van der Waals surface area contributed by atoms with Gasteiger partial charge in [-0.3, -0.25) is 20.0 Å². The van der Waals surface area contributed by atoms with E-state index in [4.69, 9.17) is 9.47 Å². The Morgan fingerprint density at radius 1 is 0.605 bits per heavy atom. The van der Waals surface area contributed by atoms with Crippen molar-refractivity contribution in [2.75, 3.05) is 13.2 Å². The van der Waals surface area contributed by atoms with Crippen molar-refractivity contribution in [3.63, 3.8) is 0 Å². The van der Waals surface area contributed by atoms with Crippen LogP contribution in [0.15, 0.2) is 107 Å². The molecule has 4 aromatic rings. The van der Waals surface area contributed by atoms with Crippen molar-refractivity contribution in [2.45, 2.75) is 38.8 Å². The second kappa shape index (κ2) is 14.4. The number of benzene rings is 2. The van der Waals surface area contributed by atoms with Gasteiger partial charge in [-0.05, 0) is 62.1 Å². The quantitative estimate of drug-likeness (QED) is 0.144. The van der Waals surface area contributed by atoms with Crippen LogP contribution in [0.25, 0.3) is 0 Å².